The molecule has 0 bridgehead atoms. The second-order valence-corrected chi connectivity index (χ2v) is 5.71. The van der Waals surface area contributed by atoms with Gasteiger partial charge in [-0.25, -0.2) is 4.79 Å². The molecule has 0 amide bonds. The Morgan fingerprint density at radius 2 is 1.57 bits per heavy atom. The van der Waals surface area contributed by atoms with E-state index in [-0.39, 0.29) is 12.6 Å². The van der Waals surface area contributed by atoms with E-state index in [9.17, 15) is 4.79 Å². The van der Waals surface area contributed by atoms with E-state index < -0.39 is 6.10 Å². The third-order valence-corrected chi connectivity index (χ3v) is 3.65. The maximum atomic E-state index is 11.9. The SMILES string of the molecule is CCCCCCCCCCC(OCCOCCO)C(=O)OCC. The van der Waals surface area contributed by atoms with Crippen LogP contribution in [0.5, 0.6) is 0 Å². The predicted molar refractivity (Wildman–Crippen MR) is 91.5 cm³/mol. The van der Waals surface area contributed by atoms with Gasteiger partial charge in [-0.1, -0.05) is 58.3 Å². The van der Waals surface area contributed by atoms with Crippen LogP contribution < -0.4 is 0 Å². The van der Waals surface area contributed by atoms with Crippen LogP contribution in [0.4, 0.5) is 0 Å². The number of unbranched alkanes of at least 4 members (excludes halogenated alkanes) is 7. The van der Waals surface area contributed by atoms with Crippen LogP contribution in [0.15, 0.2) is 0 Å². The van der Waals surface area contributed by atoms with Crippen LogP contribution in [0.1, 0.15) is 71.6 Å². The van der Waals surface area contributed by atoms with Crippen LogP contribution in [0.2, 0.25) is 0 Å². The van der Waals surface area contributed by atoms with Crippen LogP contribution in [0.3, 0.4) is 0 Å². The van der Waals surface area contributed by atoms with Crippen molar-refractivity contribution in [2.24, 2.45) is 0 Å². The zero-order chi connectivity index (χ0) is 17.2. The van der Waals surface area contributed by atoms with E-state index in [1.807, 2.05) is 0 Å². The van der Waals surface area contributed by atoms with E-state index in [0.29, 0.717) is 32.8 Å². The van der Waals surface area contributed by atoms with Gasteiger partial charge in [0.15, 0.2) is 6.10 Å². The van der Waals surface area contributed by atoms with Gasteiger partial charge in [-0.15, -0.1) is 0 Å². The Morgan fingerprint density at radius 1 is 0.913 bits per heavy atom. The highest BCUT2D eigenvalue weighted by atomic mass is 16.6. The summed E-state index contributed by atoms with van der Waals surface area (Å²) in [5.74, 6) is -0.280. The molecule has 5 heteroatoms. The first-order chi connectivity index (χ1) is 11.3. The van der Waals surface area contributed by atoms with Crippen LogP contribution in [0, 0.1) is 0 Å². The van der Waals surface area contributed by atoms with Crippen molar-refractivity contribution in [1.82, 2.24) is 0 Å². The molecule has 1 N–H and O–H groups in total. The minimum atomic E-state index is -0.493. The Labute approximate surface area is 141 Å². The molecule has 0 aromatic heterocycles. The van der Waals surface area contributed by atoms with Crippen molar-refractivity contribution < 1.29 is 24.1 Å². The van der Waals surface area contributed by atoms with E-state index in [4.69, 9.17) is 19.3 Å². The lowest BCUT2D eigenvalue weighted by Crippen LogP contribution is -2.28. The second kappa shape index (κ2) is 17.7. The lowest BCUT2D eigenvalue weighted by Gasteiger charge is -2.16. The molecule has 0 saturated carbocycles. The molecule has 0 heterocycles. The summed E-state index contributed by atoms with van der Waals surface area (Å²) >= 11 is 0. The fourth-order valence-corrected chi connectivity index (χ4v) is 2.38. The number of esters is 1. The number of rotatable bonds is 17. The highest BCUT2D eigenvalue weighted by molar-refractivity contribution is 5.74. The van der Waals surface area contributed by atoms with Crippen LogP contribution >= 0.6 is 0 Å². The van der Waals surface area contributed by atoms with E-state index >= 15 is 0 Å². The molecule has 1 atom stereocenters. The van der Waals surface area contributed by atoms with Gasteiger partial charge in [0.25, 0.3) is 0 Å². The van der Waals surface area contributed by atoms with Crippen molar-refractivity contribution in [1.29, 1.82) is 0 Å². The van der Waals surface area contributed by atoms with Crippen molar-refractivity contribution in [3.8, 4) is 0 Å². The first-order valence-corrected chi connectivity index (χ1v) is 9.23. The maximum Gasteiger partial charge on any atom is 0.335 e. The minimum Gasteiger partial charge on any atom is -0.464 e. The number of hydrogen-bond donors (Lipinski definition) is 1. The first kappa shape index (κ1) is 22.4. The molecular formula is C18H36O5. The summed E-state index contributed by atoms with van der Waals surface area (Å²) in [5, 5.41) is 8.63. The second-order valence-electron chi connectivity index (χ2n) is 5.71. The zero-order valence-electron chi connectivity index (χ0n) is 15.1. The van der Waals surface area contributed by atoms with Gasteiger partial charge >= 0.3 is 5.97 Å². The summed E-state index contributed by atoms with van der Waals surface area (Å²) < 4.78 is 15.8. The summed E-state index contributed by atoms with van der Waals surface area (Å²) in [6.07, 6.45) is 10.1. The van der Waals surface area contributed by atoms with Crippen molar-refractivity contribution in [3.63, 3.8) is 0 Å². The highest BCUT2D eigenvalue weighted by Crippen LogP contribution is 2.13. The van der Waals surface area contributed by atoms with E-state index in [1.165, 1.54) is 38.5 Å². The molecule has 0 radical (unpaired) electrons. The van der Waals surface area contributed by atoms with E-state index in [2.05, 4.69) is 6.92 Å². The molecule has 1 unspecified atom stereocenters. The third kappa shape index (κ3) is 14.7. The summed E-state index contributed by atoms with van der Waals surface area (Å²) in [5.41, 5.74) is 0. The molecule has 5 nitrogen and oxygen atoms in total. The Morgan fingerprint density at radius 3 is 2.17 bits per heavy atom. The quantitative estimate of drug-likeness (QED) is 0.326. The predicted octanol–water partition coefficient (Wildman–Crippen LogP) is 3.47. The first-order valence-electron chi connectivity index (χ1n) is 9.23. The Bertz CT molecular complexity index is 258. The molecule has 0 saturated heterocycles. The molecule has 0 aliphatic heterocycles. The molecule has 0 aromatic carbocycles. The van der Waals surface area contributed by atoms with Gasteiger partial charge < -0.3 is 19.3 Å². The Balaban J connectivity index is 3.77. The molecule has 0 rings (SSSR count). The molecule has 0 aliphatic rings. The average molecular weight is 332 g/mol. The summed E-state index contributed by atoms with van der Waals surface area (Å²) in [6.45, 7) is 5.43. The largest absolute Gasteiger partial charge is 0.464 e. The lowest BCUT2D eigenvalue weighted by atomic mass is 10.1. The number of carbonyl (C=O) groups excluding carboxylic acids is 1. The van der Waals surface area contributed by atoms with Gasteiger partial charge in [0.1, 0.15) is 0 Å². The molecule has 138 valence electrons. The molecule has 0 aromatic rings. The zero-order valence-corrected chi connectivity index (χ0v) is 15.1. The lowest BCUT2D eigenvalue weighted by molar-refractivity contribution is -0.158. The fourth-order valence-electron chi connectivity index (χ4n) is 2.38. The number of carbonyl (C=O) groups is 1. The van der Waals surface area contributed by atoms with Crippen LogP contribution in [0.25, 0.3) is 0 Å². The topological polar surface area (TPSA) is 65.0 Å². The Hall–Kier alpha value is -0.650. The molecule has 0 fully saturated rings. The molecule has 0 spiro atoms. The molecular weight excluding hydrogens is 296 g/mol. The minimum absolute atomic E-state index is 0.000436. The van der Waals surface area contributed by atoms with Crippen molar-refractivity contribution >= 4 is 5.97 Å². The van der Waals surface area contributed by atoms with E-state index in [0.717, 1.165) is 12.8 Å². The van der Waals surface area contributed by atoms with Gasteiger partial charge in [-0.2, -0.15) is 0 Å². The maximum absolute atomic E-state index is 11.9. The number of ether oxygens (including phenoxy) is 3. The third-order valence-electron chi connectivity index (χ3n) is 3.65. The summed E-state index contributed by atoms with van der Waals surface area (Å²) in [4.78, 5) is 11.9. The van der Waals surface area contributed by atoms with Crippen LogP contribution in [-0.2, 0) is 19.0 Å². The van der Waals surface area contributed by atoms with Gasteiger partial charge in [-0.3, -0.25) is 0 Å². The standard InChI is InChI=1S/C18H36O5/c1-3-5-6-7-8-9-10-11-12-17(18(20)22-4-2)23-16-15-21-14-13-19/h17,19H,3-16H2,1-2H3. The summed E-state index contributed by atoms with van der Waals surface area (Å²) in [6, 6.07) is 0. The smallest absolute Gasteiger partial charge is 0.335 e. The van der Waals surface area contributed by atoms with Gasteiger partial charge in [0, 0.05) is 0 Å². The normalized spacial score (nSPS) is 12.3. The molecule has 23 heavy (non-hydrogen) atoms. The van der Waals surface area contributed by atoms with Gasteiger partial charge in [0.05, 0.1) is 33.0 Å². The fraction of sp³-hybridized carbons (Fsp3) is 0.944. The Kier molecular flexibility index (Phi) is 17.2. The van der Waals surface area contributed by atoms with Crippen molar-refractivity contribution in [2.75, 3.05) is 33.0 Å². The van der Waals surface area contributed by atoms with Crippen LogP contribution in [-0.4, -0.2) is 50.2 Å². The van der Waals surface area contributed by atoms with E-state index in [1.54, 1.807) is 6.92 Å². The van der Waals surface area contributed by atoms with Crippen molar-refractivity contribution in [3.05, 3.63) is 0 Å². The number of hydrogen-bond acceptors (Lipinski definition) is 5. The van der Waals surface area contributed by atoms with Gasteiger partial charge in [0.2, 0.25) is 0 Å². The molecule has 0 aliphatic carbocycles. The highest BCUT2D eigenvalue weighted by Gasteiger charge is 2.19. The number of aliphatic hydroxyl groups is 1. The summed E-state index contributed by atoms with van der Waals surface area (Å²) in [7, 11) is 0. The van der Waals surface area contributed by atoms with Crippen molar-refractivity contribution in [2.45, 2.75) is 77.7 Å². The van der Waals surface area contributed by atoms with Gasteiger partial charge in [-0.05, 0) is 13.3 Å². The average Bonchev–Trinajstić information content (AvgIpc) is 2.55. The monoisotopic (exact) mass is 332 g/mol. The number of aliphatic hydroxyl groups excluding tert-OH is 1.